The minimum atomic E-state index is -2.96. The van der Waals surface area contributed by atoms with Gasteiger partial charge in [-0.1, -0.05) is 0 Å². The van der Waals surface area contributed by atoms with Gasteiger partial charge in [-0.2, -0.15) is 0 Å². The number of carbonyl (C=O) groups excluding carboxylic acids is 1. The number of hydrogen-bond acceptors (Lipinski definition) is 5. The highest BCUT2D eigenvalue weighted by Crippen LogP contribution is 2.18. The quantitative estimate of drug-likeness (QED) is 0.708. The van der Waals surface area contributed by atoms with Crippen molar-refractivity contribution in [1.29, 1.82) is 0 Å². The maximum atomic E-state index is 12.1. The van der Waals surface area contributed by atoms with E-state index in [9.17, 15) is 18.0 Å². The van der Waals surface area contributed by atoms with E-state index in [1.54, 1.807) is 0 Å². The average molecular weight is 320 g/mol. The van der Waals surface area contributed by atoms with Crippen LogP contribution in [0.3, 0.4) is 0 Å². The predicted octanol–water partition coefficient (Wildman–Crippen LogP) is -0.694. The number of carboxylic acids is 1. The Morgan fingerprint density at radius 3 is 2.76 bits per heavy atom. The Morgan fingerprint density at radius 2 is 2.14 bits per heavy atom. The maximum absolute atomic E-state index is 12.1. The minimum Gasteiger partial charge on any atom is -0.481 e. The van der Waals surface area contributed by atoms with Crippen LogP contribution in [-0.4, -0.2) is 74.3 Å². The smallest absolute Gasteiger partial charge is 0.317 e. The van der Waals surface area contributed by atoms with Gasteiger partial charge in [-0.05, 0) is 12.3 Å². The molecule has 2 heterocycles. The Kier molecular flexibility index (Phi) is 5.04. The normalized spacial score (nSPS) is 28.3. The maximum Gasteiger partial charge on any atom is 0.317 e. The van der Waals surface area contributed by atoms with Gasteiger partial charge in [-0.15, -0.1) is 0 Å². The molecule has 2 aliphatic heterocycles. The first-order chi connectivity index (χ1) is 9.87. The zero-order valence-corrected chi connectivity index (χ0v) is 12.5. The summed E-state index contributed by atoms with van der Waals surface area (Å²) in [6, 6.07) is -0.836. The van der Waals surface area contributed by atoms with Crippen LogP contribution in [0.4, 0.5) is 4.79 Å². The molecule has 2 rings (SSSR count). The molecule has 0 aliphatic carbocycles. The highest BCUT2D eigenvalue weighted by Gasteiger charge is 2.31. The summed E-state index contributed by atoms with van der Waals surface area (Å²) in [4.78, 5) is 24.4. The summed E-state index contributed by atoms with van der Waals surface area (Å²) in [6.45, 7) is 1.22. The molecule has 120 valence electrons. The Labute approximate surface area is 123 Å². The largest absolute Gasteiger partial charge is 0.481 e. The summed E-state index contributed by atoms with van der Waals surface area (Å²) in [5.74, 6) is -0.759. The molecule has 0 aromatic heterocycles. The first kappa shape index (κ1) is 16.0. The number of amides is 2. The standard InChI is InChI=1S/C12H20N2O6S/c15-11(16)5-10-7-20-3-2-14(10)12(17)13-6-9-1-4-21(18,19)8-9/h9-10H,1-8H2,(H,13,17)(H,15,16). The Balaban J connectivity index is 1.85. The van der Waals surface area contributed by atoms with E-state index in [0.29, 0.717) is 26.1 Å². The van der Waals surface area contributed by atoms with Crippen molar-refractivity contribution in [2.75, 3.05) is 37.8 Å². The molecular formula is C12H20N2O6S. The Hall–Kier alpha value is -1.35. The average Bonchev–Trinajstić information content (AvgIpc) is 2.75. The third-order valence-corrected chi connectivity index (χ3v) is 5.60. The topological polar surface area (TPSA) is 113 Å². The number of aliphatic carboxylic acids is 1. The van der Waals surface area contributed by atoms with Crippen molar-refractivity contribution in [3.8, 4) is 0 Å². The highest BCUT2D eigenvalue weighted by atomic mass is 32.2. The fraction of sp³-hybridized carbons (Fsp3) is 0.833. The summed E-state index contributed by atoms with van der Waals surface area (Å²) >= 11 is 0. The van der Waals surface area contributed by atoms with Gasteiger partial charge in [-0.3, -0.25) is 4.79 Å². The van der Waals surface area contributed by atoms with Gasteiger partial charge < -0.3 is 20.1 Å². The lowest BCUT2D eigenvalue weighted by Crippen LogP contribution is -2.53. The fourth-order valence-corrected chi connectivity index (χ4v) is 4.52. The minimum absolute atomic E-state index is 0.0575. The summed E-state index contributed by atoms with van der Waals surface area (Å²) in [7, 11) is -2.96. The molecule has 8 nitrogen and oxygen atoms in total. The van der Waals surface area contributed by atoms with Crippen molar-refractivity contribution in [2.24, 2.45) is 5.92 Å². The molecular weight excluding hydrogens is 300 g/mol. The van der Waals surface area contributed by atoms with Crippen molar-refractivity contribution in [3.63, 3.8) is 0 Å². The van der Waals surface area contributed by atoms with Crippen LogP contribution in [-0.2, 0) is 19.4 Å². The third kappa shape index (κ3) is 4.57. The van der Waals surface area contributed by atoms with Crippen molar-refractivity contribution >= 4 is 21.8 Å². The SMILES string of the molecule is O=C(O)CC1COCCN1C(=O)NCC1CCS(=O)(=O)C1. The monoisotopic (exact) mass is 320 g/mol. The predicted molar refractivity (Wildman–Crippen MR) is 73.7 cm³/mol. The molecule has 0 aromatic rings. The van der Waals surface area contributed by atoms with E-state index in [0.717, 1.165) is 0 Å². The van der Waals surface area contributed by atoms with Crippen molar-refractivity contribution in [1.82, 2.24) is 10.2 Å². The molecule has 0 saturated carbocycles. The van der Waals surface area contributed by atoms with E-state index < -0.39 is 21.8 Å². The summed E-state index contributed by atoms with van der Waals surface area (Å²) < 4.78 is 27.9. The molecule has 2 fully saturated rings. The van der Waals surface area contributed by atoms with Crippen LogP contribution in [0, 0.1) is 5.92 Å². The Bertz CT molecular complexity index is 506. The van der Waals surface area contributed by atoms with Gasteiger partial charge >= 0.3 is 12.0 Å². The van der Waals surface area contributed by atoms with Gasteiger partial charge in [0.2, 0.25) is 0 Å². The van der Waals surface area contributed by atoms with Crippen LogP contribution in [0.15, 0.2) is 0 Å². The molecule has 21 heavy (non-hydrogen) atoms. The van der Waals surface area contributed by atoms with Crippen molar-refractivity contribution < 1.29 is 27.9 Å². The van der Waals surface area contributed by atoms with Crippen LogP contribution in [0.5, 0.6) is 0 Å². The molecule has 2 atom stereocenters. The summed E-state index contributed by atoms with van der Waals surface area (Å²) in [6.07, 6.45) is 0.398. The molecule has 0 spiro atoms. The Morgan fingerprint density at radius 1 is 1.38 bits per heavy atom. The van der Waals surface area contributed by atoms with E-state index in [1.165, 1.54) is 4.90 Å². The third-order valence-electron chi connectivity index (χ3n) is 3.77. The van der Waals surface area contributed by atoms with Crippen LogP contribution >= 0.6 is 0 Å². The molecule has 2 unspecified atom stereocenters. The zero-order chi connectivity index (χ0) is 15.5. The first-order valence-electron chi connectivity index (χ1n) is 6.92. The van der Waals surface area contributed by atoms with Gasteiger partial charge in [0.25, 0.3) is 0 Å². The van der Waals surface area contributed by atoms with Crippen LogP contribution in [0.25, 0.3) is 0 Å². The number of carbonyl (C=O) groups is 2. The first-order valence-corrected chi connectivity index (χ1v) is 8.74. The molecule has 2 N–H and O–H groups in total. The number of nitrogens with one attached hydrogen (secondary N) is 1. The lowest BCUT2D eigenvalue weighted by Gasteiger charge is -2.35. The van der Waals surface area contributed by atoms with Crippen molar-refractivity contribution in [3.05, 3.63) is 0 Å². The van der Waals surface area contributed by atoms with Gasteiger partial charge in [0.1, 0.15) is 0 Å². The number of ether oxygens (including phenoxy) is 1. The van der Waals surface area contributed by atoms with Gasteiger partial charge in [-0.25, -0.2) is 13.2 Å². The second kappa shape index (κ2) is 6.61. The lowest BCUT2D eigenvalue weighted by molar-refractivity contribution is -0.139. The molecule has 9 heteroatoms. The lowest BCUT2D eigenvalue weighted by atomic mass is 10.1. The highest BCUT2D eigenvalue weighted by molar-refractivity contribution is 7.91. The van der Waals surface area contributed by atoms with Gasteiger partial charge in [0.15, 0.2) is 9.84 Å². The molecule has 0 radical (unpaired) electrons. The molecule has 2 amide bonds. The molecule has 2 saturated heterocycles. The number of nitrogens with zero attached hydrogens (tertiary/aromatic N) is 1. The van der Waals surface area contributed by atoms with Gasteiger partial charge in [0.05, 0.1) is 37.2 Å². The number of sulfone groups is 1. The molecule has 2 aliphatic rings. The molecule has 0 aromatic carbocycles. The van der Waals surface area contributed by atoms with Gasteiger partial charge in [0, 0.05) is 13.1 Å². The second-order valence-corrected chi connectivity index (χ2v) is 7.70. The van der Waals surface area contributed by atoms with Crippen LogP contribution < -0.4 is 5.32 Å². The van der Waals surface area contributed by atoms with Crippen LogP contribution in [0.1, 0.15) is 12.8 Å². The van der Waals surface area contributed by atoms with E-state index in [4.69, 9.17) is 9.84 Å². The zero-order valence-electron chi connectivity index (χ0n) is 11.7. The number of morpholine rings is 1. The van der Waals surface area contributed by atoms with Crippen LogP contribution in [0.2, 0.25) is 0 Å². The van der Waals surface area contributed by atoms with E-state index in [-0.39, 0.29) is 36.5 Å². The number of rotatable bonds is 4. The van der Waals surface area contributed by atoms with E-state index in [2.05, 4.69) is 5.32 Å². The number of carboxylic acid groups (broad SMARTS) is 1. The van der Waals surface area contributed by atoms with E-state index >= 15 is 0 Å². The van der Waals surface area contributed by atoms with E-state index in [1.807, 2.05) is 0 Å². The number of hydrogen-bond donors (Lipinski definition) is 2. The fourth-order valence-electron chi connectivity index (χ4n) is 2.66. The summed E-state index contributed by atoms with van der Waals surface area (Å²) in [5.41, 5.74) is 0. The summed E-state index contributed by atoms with van der Waals surface area (Å²) in [5, 5.41) is 11.6. The van der Waals surface area contributed by atoms with Crippen molar-refractivity contribution in [2.45, 2.75) is 18.9 Å². The number of urea groups is 1. The second-order valence-electron chi connectivity index (χ2n) is 5.48. The molecule has 0 bridgehead atoms.